The van der Waals surface area contributed by atoms with Gasteiger partial charge in [-0.15, -0.1) is 0 Å². The fourth-order valence-corrected chi connectivity index (χ4v) is 11.1. The van der Waals surface area contributed by atoms with Crippen LogP contribution in [0.4, 0.5) is 0 Å². The number of hydrogen-bond acceptors (Lipinski definition) is 4. The molecule has 162 valence electrons. The second-order valence-corrected chi connectivity index (χ2v) is 13.6. The molecule has 0 aromatic carbocycles. The molecule has 0 bridgehead atoms. The molecule has 0 saturated carbocycles. The zero-order chi connectivity index (χ0) is 20.1. The summed E-state index contributed by atoms with van der Waals surface area (Å²) < 4.78 is 49.6. The predicted octanol–water partition coefficient (Wildman–Crippen LogP) is 4.37. The molecule has 0 aromatic rings. The smallest absolute Gasteiger partial charge is 0.152 e. The SMILES string of the molecule is CCCCCCCC[S@@](=O)[C@H]1CS(=O)(=O)C[C@@H]1[S@@](=O)CCCCCCCC. The zero-order valence-corrected chi connectivity index (χ0v) is 19.8. The Balaban J connectivity index is 2.41. The number of unbranched alkanes of at least 4 members (excludes halogenated alkanes) is 10. The molecular formula is C20H40O4S3. The van der Waals surface area contributed by atoms with Crippen LogP contribution in [0.25, 0.3) is 0 Å². The topological polar surface area (TPSA) is 68.3 Å². The molecule has 7 heteroatoms. The monoisotopic (exact) mass is 440 g/mol. The van der Waals surface area contributed by atoms with Crippen molar-refractivity contribution in [1.29, 1.82) is 0 Å². The minimum absolute atomic E-state index is 0.0393. The Morgan fingerprint density at radius 1 is 0.630 bits per heavy atom. The summed E-state index contributed by atoms with van der Waals surface area (Å²) in [6.45, 7) is 4.36. The van der Waals surface area contributed by atoms with Crippen molar-refractivity contribution in [2.24, 2.45) is 0 Å². The maximum absolute atomic E-state index is 12.7. The first-order valence-corrected chi connectivity index (χ1v) is 15.4. The van der Waals surface area contributed by atoms with E-state index >= 15 is 0 Å². The lowest BCUT2D eigenvalue weighted by atomic mass is 10.1. The highest BCUT2D eigenvalue weighted by Crippen LogP contribution is 2.24. The van der Waals surface area contributed by atoms with Crippen molar-refractivity contribution in [1.82, 2.24) is 0 Å². The van der Waals surface area contributed by atoms with E-state index in [9.17, 15) is 16.8 Å². The summed E-state index contributed by atoms with van der Waals surface area (Å²) in [7, 11) is -5.57. The fourth-order valence-electron chi connectivity index (χ4n) is 3.63. The molecule has 4 atom stereocenters. The van der Waals surface area contributed by atoms with Crippen molar-refractivity contribution >= 4 is 31.4 Å². The Kier molecular flexibility index (Phi) is 13.4. The van der Waals surface area contributed by atoms with Gasteiger partial charge in [0.25, 0.3) is 0 Å². The highest BCUT2D eigenvalue weighted by Gasteiger charge is 2.43. The number of hydrogen-bond donors (Lipinski definition) is 0. The van der Waals surface area contributed by atoms with Crippen LogP contribution in [0.2, 0.25) is 0 Å². The minimum Gasteiger partial charge on any atom is -0.259 e. The van der Waals surface area contributed by atoms with Gasteiger partial charge in [-0.3, -0.25) is 8.42 Å². The Bertz CT molecular complexity index is 503. The van der Waals surface area contributed by atoms with Crippen molar-refractivity contribution < 1.29 is 16.8 Å². The summed E-state index contributed by atoms with van der Waals surface area (Å²) in [4.78, 5) is 0. The second-order valence-electron chi connectivity index (χ2n) is 7.86. The molecule has 1 aliphatic heterocycles. The van der Waals surface area contributed by atoms with E-state index in [2.05, 4.69) is 13.8 Å². The second kappa shape index (κ2) is 14.3. The van der Waals surface area contributed by atoms with Gasteiger partial charge in [-0.25, -0.2) is 8.42 Å². The molecule has 0 N–H and O–H groups in total. The maximum Gasteiger partial charge on any atom is 0.152 e. The maximum atomic E-state index is 12.7. The summed E-state index contributed by atoms with van der Waals surface area (Å²) in [5.41, 5.74) is 0. The lowest BCUT2D eigenvalue weighted by Crippen LogP contribution is -2.34. The molecule has 27 heavy (non-hydrogen) atoms. The van der Waals surface area contributed by atoms with Gasteiger partial charge in [0.05, 0.1) is 22.0 Å². The van der Waals surface area contributed by atoms with Gasteiger partial charge in [0.15, 0.2) is 9.84 Å². The van der Waals surface area contributed by atoms with Crippen molar-refractivity contribution in [3.8, 4) is 0 Å². The third-order valence-corrected chi connectivity index (χ3v) is 11.4. The minimum atomic E-state index is -3.21. The van der Waals surface area contributed by atoms with Gasteiger partial charge in [-0.05, 0) is 12.8 Å². The Hall–Kier alpha value is 0.250. The molecule has 0 radical (unpaired) electrons. The normalized spacial score (nSPS) is 24.1. The molecule has 0 unspecified atom stereocenters. The lowest BCUT2D eigenvalue weighted by Gasteiger charge is -2.17. The largest absolute Gasteiger partial charge is 0.259 e. The van der Waals surface area contributed by atoms with E-state index in [4.69, 9.17) is 0 Å². The average molecular weight is 441 g/mol. The van der Waals surface area contributed by atoms with Gasteiger partial charge >= 0.3 is 0 Å². The van der Waals surface area contributed by atoms with E-state index in [-0.39, 0.29) is 11.5 Å². The van der Waals surface area contributed by atoms with Crippen molar-refractivity contribution in [3.63, 3.8) is 0 Å². The molecule has 0 aliphatic carbocycles. The van der Waals surface area contributed by atoms with Crippen LogP contribution in [0.15, 0.2) is 0 Å². The average Bonchev–Trinajstić information content (AvgIpc) is 2.96. The lowest BCUT2D eigenvalue weighted by molar-refractivity contribution is 0.601. The summed E-state index contributed by atoms with van der Waals surface area (Å²) >= 11 is 0. The van der Waals surface area contributed by atoms with Crippen LogP contribution >= 0.6 is 0 Å². The number of sulfone groups is 1. The molecule has 4 nitrogen and oxygen atoms in total. The first-order valence-electron chi connectivity index (χ1n) is 10.9. The van der Waals surface area contributed by atoms with Crippen LogP contribution in [-0.2, 0) is 31.4 Å². The zero-order valence-electron chi connectivity index (χ0n) is 17.3. The summed E-state index contributed by atoms with van der Waals surface area (Å²) in [6, 6.07) is 0. The molecule has 1 fully saturated rings. The van der Waals surface area contributed by atoms with Crippen LogP contribution in [-0.4, -0.2) is 50.3 Å². The number of rotatable bonds is 16. The summed E-state index contributed by atoms with van der Waals surface area (Å²) in [6.07, 6.45) is 13.5. The Morgan fingerprint density at radius 3 is 1.33 bits per heavy atom. The fraction of sp³-hybridized carbons (Fsp3) is 1.00. The molecule has 1 saturated heterocycles. The van der Waals surface area contributed by atoms with Crippen LogP contribution in [0.1, 0.15) is 90.9 Å². The van der Waals surface area contributed by atoms with Gasteiger partial charge in [0.1, 0.15) is 0 Å². The van der Waals surface area contributed by atoms with E-state index in [1.807, 2.05) is 0 Å². The summed E-state index contributed by atoms with van der Waals surface area (Å²) in [5.74, 6) is 1.03. The molecule has 1 rings (SSSR count). The highest BCUT2D eigenvalue weighted by molar-refractivity contribution is 7.97. The van der Waals surface area contributed by atoms with Crippen LogP contribution < -0.4 is 0 Å². The van der Waals surface area contributed by atoms with Gasteiger partial charge in [-0.1, -0.05) is 78.1 Å². The highest BCUT2D eigenvalue weighted by atomic mass is 32.2. The molecule has 0 amide bonds. The van der Waals surface area contributed by atoms with Crippen molar-refractivity contribution in [2.75, 3.05) is 23.0 Å². The van der Waals surface area contributed by atoms with Crippen molar-refractivity contribution in [2.45, 2.75) is 101 Å². The quantitative estimate of drug-likeness (QED) is 0.334. The predicted molar refractivity (Wildman–Crippen MR) is 119 cm³/mol. The first kappa shape index (κ1) is 25.3. The Labute approximate surface area is 172 Å². The van der Waals surface area contributed by atoms with E-state index in [0.29, 0.717) is 11.5 Å². The van der Waals surface area contributed by atoms with Crippen LogP contribution in [0.5, 0.6) is 0 Å². The molecule has 0 spiro atoms. The van der Waals surface area contributed by atoms with Gasteiger partial charge in [-0.2, -0.15) is 0 Å². The molecular weight excluding hydrogens is 400 g/mol. The van der Waals surface area contributed by atoms with E-state index in [0.717, 1.165) is 38.5 Å². The standard InChI is InChI=1S/C20H40O4S3/c1-3-5-7-9-11-13-15-25(21)19-17-27(23,24)18-20(19)26(22)16-14-12-10-8-6-4-2/h19-20H,3-18H2,1-2H3/t19-,20-,25-,26+/m0/s1. The van der Waals surface area contributed by atoms with E-state index in [1.165, 1.54) is 38.5 Å². The van der Waals surface area contributed by atoms with Gasteiger partial charge in [0.2, 0.25) is 0 Å². The molecule has 0 aromatic heterocycles. The summed E-state index contributed by atoms with van der Waals surface area (Å²) in [5, 5.41) is -0.849. The van der Waals surface area contributed by atoms with E-state index in [1.54, 1.807) is 0 Å². The molecule has 1 aliphatic rings. The van der Waals surface area contributed by atoms with Crippen LogP contribution in [0.3, 0.4) is 0 Å². The first-order chi connectivity index (χ1) is 12.9. The van der Waals surface area contributed by atoms with E-state index < -0.39 is 41.9 Å². The Morgan fingerprint density at radius 2 is 0.963 bits per heavy atom. The van der Waals surface area contributed by atoms with Gasteiger partial charge in [0, 0.05) is 33.1 Å². The van der Waals surface area contributed by atoms with Gasteiger partial charge < -0.3 is 0 Å². The van der Waals surface area contributed by atoms with Crippen molar-refractivity contribution in [3.05, 3.63) is 0 Å². The third kappa shape index (κ3) is 10.6. The van der Waals surface area contributed by atoms with Crippen LogP contribution in [0, 0.1) is 0 Å². The third-order valence-electron chi connectivity index (χ3n) is 5.32. The molecule has 1 heterocycles.